The molecule has 0 aromatic heterocycles. The lowest BCUT2D eigenvalue weighted by molar-refractivity contribution is -0.149. The number of nitrogens with zero attached hydrogens (tertiary/aromatic N) is 1. The highest BCUT2D eigenvalue weighted by atomic mass is 35.5. The molecular formula is C13H17Cl2NO3. The van der Waals surface area contributed by atoms with Gasteiger partial charge in [0.25, 0.3) is 0 Å². The van der Waals surface area contributed by atoms with Gasteiger partial charge in [-0.05, 0) is 32.5 Å². The van der Waals surface area contributed by atoms with Crippen LogP contribution in [0.5, 0.6) is 5.75 Å². The number of aliphatic carboxylic acids is 1. The molecule has 0 aliphatic heterocycles. The van der Waals surface area contributed by atoms with Crippen molar-refractivity contribution in [3.8, 4) is 5.75 Å². The van der Waals surface area contributed by atoms with Gasteiger partial charge in [0, 0.05) is 17.1 Å². The van der Waals surface area contributed by atoms with E-state index < -0.39 is 11.5 Å². The lowest BCUT2D eigenvalue weighted by Crippen LogP contribution is -2.49. The Morgan fingerprint density at radius 1 is 1.37 bits per heavy atom. The zero-order valence-corrected chi connectivity index (χ0v) is 12.6. The van der Waals surface area contributed by atoms with Crippen LogP contribution in [0.2, 0.25) is 10.0 Å². The molecule has 1 aromatic rings. The van der Waals surface area contributed by atoms with E-state index in [1.165, 1.54) is 6.07 Å². The van der Waals surface area contributed by atoms with E-state index in [1.54, 1.807) is 24.8 Å². The van der Waals surface area contributed by atoms with Crippen molar-refractivity contribution in [2.45, 2.75) is 32.9 Å². The lowest BCUT2D eigenvalue weighted by Gasteiger charge is -2.34. The molecule has 0 aliphatic rings. The highest BCUT2D eigenvalue weighted by Crippen LogP contribution is 2.33. The maximum atomic E-state index is 11.3. The monoisotopic (exact) mass is 305 g/mol. The summed E-state index contributed by atoms with van der Waals surface area (Å²) < 4.78 is 0. The van der Waals surface area contributed by atoms with Gasteiger partial charge in [0.2, 0.25) is 0 Å². The van der Waals surface area contributed by atoms with Crippen LogP contribution in [0.15, 0.2) is 12.1 Å². The second-order valence-corrected chi connectivity index (χ2v) is 5.62. The first-order valence-electron chi connectivity index (χ1n) is 5.85. The predicted octanol–water partition coefficient (Wildman–Crippen LogP) is 3.38. The number of benzene rings is 1. The molecule has 0 saturated heterocycles. The van der Waals surface area contributed by atoms with Crippen LogP contribution in [-0.4, -0.2) is 33.2 Å². The van der Waals surface area contributed by atoms with Crippen molar-refractivity contribution < 1.29 is 15.0 Å². The molecule has 0 unspecified atom stereocenters. The summed E-state index contributed by atoms with van der Waals surface area (Å²) in [5.74, 6) is -0.993. The van der Waals surface area contributed by atoms with Crippen molar-refractivity contribution in [1.82, 2.24) is 4.90 Å². The standard InChI is InChI=1S/C13H17Cl2NO3/c1-4-16(13(2,3)12(18)19)7-8-5-9(14)6-10(15)11(8)17/h5-6,17H,4,7H2,1-3H3,(H,18,19). The Bertz CT molecular complexity index is 489. The average molecular weight is 306 g/mol. The number of rotatable bonds is 5. The fraction of sp³-hybridized carbons (Fsp3) is 0.462. The second kappa shape index (κ2) is 5.99. The topological polar surface area (TPSA) is 60.8 Å². The molecule has 0 heterocycles. The van der Waals surface area contributed by atoms with Gasteiger partial charge < -0.3 is 10.2 Å². The maximum absolute atomic E-state index is 11.3. The van der Waals surface area contributed by atoms with E-state index in [0.29, 0.717) is 17.1 Å². The minimum absolute atomic E-state index is 0.0642. The Morgan fingerprint density at radius 3 is 2.42 bits per heavy atom. The van der Waals surface area contributed by atoms with Gasteiger partial charge in [0.1, 0.15) is 11.3 Å². The molecule has 0 fully saturated rings. The van der Waals surface area contributed by atoms with Crippen LogP contribution in [0.25, 0.3) is 0 Å². The number of hydrogen-bond donors (Lipinski definition) is 2. The van der Waals surface area contributed by atoms with Gasteiger partial charge in [0.15, 0.2) is 0 Å². The molecule has 0 radical (unpaired) electrons. The number of hydrogen-bond acceptors (Lipinski definition) is 3. The zero-order valence-electron chi connectivity index (χ0n) is 11.1. The summed E-state index contributed by atoms with van der Waals surface area (Å²) in [6, 6.07) is 3.03. The van der Waals surface area contributed by atoms with Gasteiger partial charge in [-0.25, -0.2) is 0 Å². The molecule has 0 amide bonds. The van der Waals surface area contributed by atoms with Crippen molar-refractivity contribution in [3.63, 3.8) is 0 Å². The number of carboxylic acid groups (broad SMARTS) is 1. The first-order valence-corrected chi connectivity index (χ1v) is 6.61. The van der Waals surface area contributed by atoms with Crippen LogP contribution in [0, 0.1) is 0 Å². The van der Waals surface area contributed by atoms with Gasteiger partial charge in [-0.3, -0.25) is 9.69 Å². The highest BCUT2D eigenvalue weighted by molar-refractivity contribution is 6.35. The number of carbonyl (C=O) groups is 1. The summed E-state index contributed by atoms with van der Waals surface area (Å²) in [7, 11) is 0. The number of aromatic hydroxyl groups is 1. The van der Waals surface area contributed by atoms with E-state index in [2.05, 4.69) is 0 Å². The number of phenolic OH excluding ortho intramolecular Hbond substituents is 1. The lowest BCUT2D eigenvalue weighted by atomic mass is 10.0. The van der Waals surface area contributed by atoms with Crippen molar-refractivity contribution in [2.75, 3.05) is 6.54 Å². The van der Waals surface area contributed by atoms with Crippen molar-refractivity contribution >= 4 is 29.2 Å². The number of phenols is 1. The van der Waals surface area contributed by atoms with Gasteiger partial charge in [-0.2, -0.15) is 0 Å². The largest absolute Gasteiger partial charge is 0.506 e. The van der Waals surface area contributed by atoms with E-state index in [-0.39, 0.29) is 17.3 Å². The van der Waals surface area contributed by atoms with Gasteiger partial charge in [-0.15, -0.1) is 0 Å². The summed E-state index contributed by atoms with van der Waals surface area (Å²) in [4.78, 5) is 13.0. The van der Waals surface area contributed by atoms with E-state index >= 15 is 0 Å². The van der Waals surface area contributed by atoms with Gasteiger partial charge >= 0.3 is 5.97 Å². The molecule has 1 rings (SSSR count). The molecule has 0 bridgehead atoms. The first-order chi connectivity index (χ1) is 8.70. The summed E-state index contributed by atoms with van der Waals surface area (Å²) in [5.41, 5.74) is -0.538. The minimum atomic E-state index is -1.05. The number of carboxylic acids is 1. The molecule has 0 saturated carbocycles. The fourth-order valence-corrected chi connectivity index (χ4v) is 2.32. The summed E-state index contributed by atoms with van der Waals surface area (Å²) in [5, 5.41) is 19.7. The molecule has 1 aromatic carbocycles. The Kier molecular flexibility index (Phi) is 5.07. The molecule has 0 aliphatic carbocycles. The van der Waals surface area contributed by atoms with Crippen LogP contribution in [-0.2, 0) is 11.3 Å². The Morgan fingerprint density at radius 2 is 1.95 bits per heavy atom. The number of halogens is 2. The normalized spacial score (nSPS) is 11.9. The molecule has 6 heteroatoms. The second-order valence-electron chi connectivity index (χ2n) is 4.77. The van der Waals surface area contributed by atoms with Crippen molar-refractivity contribution in [1.29, 1.82) is 0 Å². The van der Waals surface area contributed by atoms with Crippen LogP contribution in [0.3, 0.4) is 0 Å². The fourth-order valence-electron chi connectivity index (χ4n) is 1.79. The Labute approximate surface area is 122 Å². The molecule has 19 heavy (non-hydrogen) atoms. The zero-order chi connectivity index (χ0) is 14.8. The van der Waals surface area contributed by atoms with Crippen LogP contribution >= 0.6 is 23.2 Å². The summed E-state index contributed by atoms with van der Waals surface area (Å²) in [6.07, 6.45) is 0. The molecule has 2 N–H and O–H groups in total. The molecular weight excluding hydrogens is 289 g/mol. The number of likely N-dealkylation sites (N-methyl/N-ethyl adjacent to an activating group) is 1. The molecule has 4 nitrogen and oxygen atoms in total. The van der Waals surface area contributed by atoms with Gasteiger partial charge in [0.05, 0.1) is 5.02 Å². The Balaban J connectivity index is 3.10. The quantitative estimate of drug-likeness (QED) is 0.875. The van der Waals surface area contributed by atoms with E-state index in [0.717, 1.165) is 0 Å². The van der Waals surface area contributed by atoms with Crippen molar-refractivity contribution in [2.24, 2.45) is 0 Å². The summed E-state index contributed by atoms with van der Waals surface area (Å²) >= 11 is 11.7. The third-order valence-corrected chi connectivity index (χ3v) is 3.67. The Hall–Kier alpha value is -0.970. The minimum Gasteiger partial charge on any atom is -0.506 e. The van der Waals surface area contributed by atoms with E-state index in [1.807, 2.05) is 6.92 Å². The maximum Gasteiger partial charge on any atom is 0.323 e. The first kappa shape index (κ1) is 16.1. The third kappa shape index (κ3) is 3.53. The third-order valence-electron chi connectivity index (χ3n) is 3.16. The average Bonchev–Trinajstić information content (AvgIpc) is 2.31. The molecule has 106 valence electrons. The van der Waals surface area contributed by atoms with Crippen LogP contribution in [0.4, 0.5) is 0 Å². The van der Waals surface area contributed by atoms with E-state index in [9.17, 15) is 15.0 Å². The highest BCUT2D eigenvalue weighted by Gasteiger charge is 2.34. The molecule has 0 spiro atoms. The van der Waals surface area contributed by atoms with E-state index in [4.69, 9.17) is 23.2 Å². The van der Waals surface area contributed by atoms with Crippen molar-refractivity contribution in [3.05, 3.63) is 27.7 Å². The molecule has 0 atom stereocenters. The summed E-state index contributed by atoms with van der Waals surface area (Å²) in [6.45, 7) is 5.85. The van der Waals surface area contributed by atoms with Crippen LogP contribution in [0.1, 0.15) is 26.3 Å². The van der Waals surface area contributed by atoms with Gasteiger partial charge in [-0.1, -0.05) is 30.1 Å². The smallest absolute Gasteiger partial charge is 0.323 e. The SMILES string of the molecule is CCN(Cc1cc(Cl)cc(Cl)c1O)C(C)(C)C(=O)O. The van der Waals surface area contributed by atoms with Crippen LogP contribution < -0.4 is 0 Å². The predicted molar refractivity (Wildman–Crippen MR) is 75.9 cm³/mol.